The quantitative estimate of drug-likeness (QED) is 0.833. The van der Waals surface area contributed by atoms with Crippen LogP contribution in [0.4, 0.5) is 4.79 Å². The molecule has 1 fully saturated rings. The summed E-state index contributed by atoms with van der Waals surface area (Å²) < 4.78 is 5.40. The van der Waals surface area contributed by atoms with Crippen LogP contribution in [0.3, 0.4) is 0 Å². The minimum Gasteiger partial charge on any atom is -0.379 e. The maximum absolute atomic E-state index is 12.2. The summed E-state index contributed by atoms with van der Waals surface area (Å²) in [4.78, 5) is 14.1. The molecule has 4 nitrogen and oxygen atoms in total. The van der Waals surface area contributed by atoms with E-state index in [1.54, 1.807) is 7.11 Å². The number of ether oxygens (including phenoxy) is 1. The number of nitrogens with one attached hydrogen (secondary N) is 1. The van der Waals surface area contributed by atoms with E-state index in [0.717, 1.165) is 19.3 Å². The molecule has 112 valence electrons. The molecular weight excluding hydrogens is 240 g/mol. The Hall–Kier alpha value is -0.770. The van der Waals surface area contributed by atoms with Crippen LogP contribution in [0.25, 0.3) is 0 Å². The van der Waals surface area contributed by atoms with Crippen molar-refractivity contribution in [2.45, 2.75) is 77.0 Å². The number of methoxy groups -OCH3 is 1. The van der Waals surface area contributed by atoms with Crippen LogP contribution in [-0.4, -0.2) is 42.8 Å². The van der Waals surface area contributed by atoms with Crippen LogP contribution >= 0.6 is 0 Å². The summed E-state index contributed by atoms with van der Waals surface area (Å²) >= 11 is 0. The van der Waals surface area contributed by atoms with Gasteiger partial charge in [-0.2, -0.15) is 0 Å². The van der Waals surface area contributed by atoms with Gasteiger partial charge in [0, 0.05) is 26.2 Å². The highest BCUT2D eigenvalue weighted by Gasteiger charge is 2.25. The van der Waals surface area contributed by atoms with E-state index in [9.17, 15) is 4.79 Å². The van der Waals surface area contributed by atoms with Crippen LogP contribution < -0.4 is 5.32 Å². The number of urea groups is 1. The third kappa shape index (κ3) is 5.39. The SMILES string of the molecule is COC(C)(C)C[C@H](C)NC(=O)N(C)C1CCCCC1. The van der Waals surface area contributed by atoms with E-state index in [0.29, 0.717) is 6.04 Å². The summed E-state index contributed by atoms with van der Waals surface area (Å²) in [6.07, 6.45) is 6.89. The van der Waals surface area contributed by atoms with Crippen LogP contribution in [0.2, 0.25) is 0 Å². The van der Waals surface area contributed by atoms with E-state index in [1.807, 2.05) is 32.7 Å². The van der Waals surface area contributed by atoms with Gasteiger partial charge in [0.1, 0.15) is 0 Å². The first kappa shape index (κ1) is 16.3. The second-order valence-electron chi connectivity index (χ2n) is 6.42. The summed E-state index contributed by atoms with van der Waals surface area (Å²) in [5, 5.41) is 3.07. The lowest BCUT2D eigenvalue weighted by molar-refractivity contribution is 0.00905. The molecule has 0 bridgehead atoms. The van der Waals surface area contributed by atoms with Crippen LogP contribution in [0.15, 0.2) is 0 Å². The van der Waals surface area contributed by atoms with Crippen molar-refractivity contribution in [1.29, 1.82) is 0 Å². The van der Waals surface area contributed by atoms with Gasteiger partial charge in [-0.3, -0.25) is 0 Å². The fraction of sp³-hybridized carbons (Fsp3) is 0.933. The maximum Gasteiger partial charge on any atom is 0.317 e. The van der Waals surface area contributed by atoms with Gasteiger partial charge in [-0.15, -0.1) is 0 Å². The Kier molecular flexibility index (Phi) is 6.11. The van der Waals surface area contributed by atoms with Crippen LogP contribution in [0, 0.1) is 0 Å². The molecule has 4 heteroatoms. The van der Waals surface area contributed by atoms with Gasteiger partial charge in [0.05, 0.1) is 5.60 Å². The molecule has 1 atom stereocenters. The van der Waals surface area contributed by atoms with E-state index in [-0.39, 0.29) is 17.7 Å². The van der Waals surface area contributed by atoms with Gasteiger partial charge in [0.25, 0.3) is 0 Å². The van der Waals surface area contributed by atoms with Crippen molar-refractivity contribution in [3.63, 3.8) is 0 Å². The van der Waals surface area contributed by atoms with Gasteiger partial charge >= 0.3 is 6.03 Å². The summed E-state index contributed by atoms with van der Waals surface area (Å²) in [5.74, 6) is 0. The molecular formula is C15H30N2O2. The molecule has 0 heterocycles. The lowest BCUT2D eigenvalue weighted by Gasteiger charge is -2.33. The number of hydrogen-bond donors (Lipinski definition) is 1. The van der Waals surface area contributed by atoms with Crippen molar-refractivity contribution < 1.29 is 9.53 Å². The second kappa shape index (κ2) is 7.13. The zero-order valence-corrected chi connectivity index (χ0v) is 13.2. The fourth-order valence-corrected chi connectivity index (χ4v) is 2.82. The summed E-state index contributed by atoms with van der Waals surface area (Å²) in [6.45, 7) is 6.12. The molecule has 0 radical (unpaired) electrons. The lowest BCUT2D eigenvalue weighted by atomic mass is 9.94. The van der Waals surface area contributed by atoms with Crippen LogP contribution in [0.5, 0.6) is 0 Å². The van der Waals surface area contributed by atoms with E-state index < -0.39 is 0 Å². The number of nitrogens with zero attached hydrogens (tertiary/aromatic N) is 1. The predicted molar refractivity (Wildman–Crippen MR) is 78.3 cm³/mol. The standard InChI is InChI=1S/C15H30N2O2/c1-12(11-15(2,3)19-5)16-14(18)17(4)13-9-7-6-8-10-13/h12-13H,6-11H2,1-5H3,(H,16,18)/t12-/m0/s1. The highest BCUT2D eigenvalue weighted by molar-refractivity contribution is 5.74. The Bertz CT molecular complexity index is 286. The first-order chi connectivity index (χ1) is 8.85. The van der Waals surface area contributed by atoms with E-state index in [2.05, 4.69) is 5.32 Å². The van der Waals surface area contributed by atoms with Crippen molar-refractivity contribution in [3.05, 3.63) is 0 Å². The maximum atomic E-state index is 12.2. The van der Waals surface area contributed by atoms with Crippen molar-refractivity contribution in [1.82, 2.24) is 10.2 Å². The van der Waals surface area contributed by atoms with Crippen molar-refractivity contribution in [3.8, 4) is 0 Å². The Balaban J connectivity index is 2.40. The number of carbonyl (C=O) groups is 1. The number of amides is 2. The molecule has 0 aromatic heterocycles. The van der Waals surface area contributed by atoms with Crippen LogP contribution in [-0.2, 0) is 4.74 Å². The van der Waals surface area contributed by atoms with Crippen molar-refractivity contribution in [2.24, 2.45) is 0 Å². The number of rotatable bonds is 5. The average Bonchev–Trinajstić information content (AvgIpc) is 2.38. The zero-order chi connectivity index (χ0) is 14.5. The van der Waals surface area contributed by atoms with Gasteiger partial charge in [-0.1, -0.05) is 19.3 Å². The topological polar surface area (TPSA) is 41.6 Å². The summed E-state index contributed by atoms with van der Waals surface area (Å²) in [6, 6.07) is 0.580. The molecule has 0 aliphatic heterocycles. The molecule has 1 aliphatic carbocycles. The van der Waals surface area contributed by atoms with Gasteiger partial charge < -0.3 is 15.0 Å². The third-order valence-electron chi connectivity index (χ3n) is 4.16. The Labute approximate surface area is 117 Å². The van der Waals surface area contributed by atoms with Gasteiger partial charge in [-0.05, 0) is 40.0 Å². The summed E-state index contributed by atoms with van der Waals surface area (Å²) in [7, 11) is 3.63. The molecule has 0 aromatic carbocycles. The number of carbonyl (C=O) groups excluding carboxylic acids is 1. The van der Waals surface area contributed by atoms with Crippen molar-refractivity contribution >= 4 is 6.03 Å². The van der Waals surface area contributed by atoms with E-state index in [4.69, 9.17) is 4.74 Å². The predicted octanol–water partition coefficient (Wildman–Crippen LogP) is 3.16. The molecule has 1 aliphatic rings. The molecule has 1 rings (SSSR count). The normalized spacial score (nSPS) is 19.0. The van der Waals surface area contributed by atoms with Gasteiger partial charge in [0.2, 0.25) is 0 Å². The highest BCUT2D eigenvalue weighted by atomic mass is 16.5. The third-order valence-corrected chi connectivity index (χ3v) is 4.16. The Morgan fingerprint density at radius 2 is 1.95 bits per heavy atom. The van der Waals surface area contributed by atoms with Gasteiger partial charge in [0.15, 0.2) is 0 Å². The minimum absolute atomic E-state index is 0.0475. The minimum atomic E-state index is -0.198. The lowest BCUT2D eigenvalue weighted by Crippen LogP contribution is -2.48. The number of hydrogen-bond acceptors (Lipinski definition) is 2. The molecule has 0 spiro atoms. The van der Waals surface area contributed by atoms with Gasteiger partial charge in [-0.25, -0.2) is 4.79 Å². The largest absolute Gasteiger partial charge is 0.379 e. The fourth-order valence-electron chi connectivity index (χ4n) is 2.82. The van der Waals surface area contributed by atoms with Crippen molar-refractivity contribution in [2.75, 3.05) is 14.2 Å². The zero-order valence-electron chi connectivity index (χ0n) is 13.2. The van der Waals surface area contributed by atoms with Crippen LogP contribution in [0.1, 0.15) is 59.3 Å². The average molecular weight is 270 g/mol. The molecule has 0 unspecified atom stereocenters. The Morgan fingerprint density at radius 3 is 2.47 bits per heavy atom. The Morgan fingerprint density at radius 1 is 1.37 bits per heavy atom. The summed E-state index contributed by atoms with van der Waals surface area (Å²) in [5.41, 5.74) is -0.198. The highest BCUT2D eigenvalue weighted by Crippen LogP contribution is 2.22. The smallest absolute Gasteiger partial charge is 0.317 e. The second-order valence-corrected chi connectivity index (χ2v) is 6.42. The first-order valence-corrected chi connectivity index (χ1v) is 7.44. The molecule has 1 saturated carbocycles. The monoisotopic (exact) mass is 270 g/mol. The molecule has 2 amide bonds. The molecule has 0 aromatic rings. The molecule has 1 N–H and O–H groups in total. The van der Waals surface area contributed by atoms with E-state index in [1.165, 1.54) is 19.3 Å². The first-order valence-electron chi connectivity index (χ1n) is 7.44. The molecule has 0 saturated heterocycles. The van der Waals surface area contributed by atoms with E-state index >= 15 is 0 Å². The molecule has 19 heavy (non-hydrogen) atoms.